The summed E-state index contributed by atoms with van der Waals surface area (Å²) >= 11 is 1.62. The lowest BCUT2D eigenvalue weighted by molar-refractivity contribution is -0.126. The summed E-state index contributed by atoms with van der Waals surface area (Å²) in [6.45, 7) is 7.13. The van der Waals surface area contributed by atoms with Gasteiger partial charge in [-0.1, -0.05) is 18.7 Å². The average molecular weight is 624 g/mol. The molecule has 5 heterocycles. The second kappa shape index (κ2) is 12.2. The van der Waals surface area contributed by atoms with Gasteiger partial charge in [-0.25, -0.2) is 14.4 Å². The summed E-state index contributed by atoms with van der Waals surface area (Å²) in [4.78, 5) is 24.8. The summed E-state index contributed by atoms with van der Waals surface area (Å²) in [6, 6.07) is 13.3. The molecule has 2 aliphatic rings. The highest BCUT2D eigenvalue weighted by atomic mass is 32.1. The topological polar surface area (TPSA) is 81.5 Å². The van der Waals surface area contributed by atoms with Gasteiger partial charge in [0.25, 0.3) is 0 Å². The van der Waals surface area contributed by atoms with Gasteiger partial charge in [-0.2, -0.15) is 0 Å². The zero-order chi connectivity index (χ0) is 31.1. The Morgan fingerprint density at radius 1 is 1.11 bits per heavy atom. The third kappa shape index (κ3) is 5.32. The Balaban J connectivity index is 1.47. The van der Waals surface area contributed by atoms with Crippen LogP contribution < -0.4 is 10.1 Å². The van der Waals surface area contributed by atoms with E-state index in [0.29, 0.717) is 43.4 Å². The molecule has 1 amide bonds. The maximum atomic E-state index is 14.6. The highest BCUT2D eigenvalue weighted by molar-refractivity contribution is 7.18. The number of carbonyl (C=O) groups excluding carboxylic acids is 1. The van der Waals surface area contributed by atoms with Crippen LogP contribution in [-0.4, -0.2) is 58.8 Å². The molecule has 0 saturated carbocycles. The molecule has 2 aliphatic heterocycles. The first kappa shape index (κ1) is 29.3. The largest absolute Gasteiger partial charge is 0.490 e. The molecule has 0 fully saturated rings. The predicted octanol–water partition coefficient (Wildman–Crippen LogP) is 5.91. The number of nitrogens with one attached hydrogen (secondary N) is 1. The Morgan fingerprint density at radius 3 is 2.84 bits per heavy atom. The Kier molecular flexibility index (Phi) is 7.95. The highest BCUT2D eigenvalue weighted by Crippen LogP contribution is 2.46. The minimum Gasteiger partial charge on any atom is -0.490 e. The number of methoxy groups -OCH3 is 1. The minimum absolute atomic E-state index is 0.101. The van der Waals surface area contributed by atoms with Crippen molar-refractivity contribution in [3.63, 3.8) is 0 Å². The van der Waals surface area contributed by atoms with Crippen LogP contribution >= 0.6 is 11.3 Å². The summed E-state index contributed by atoms with van der Waals surface area (Å²) in [7, 11) is 3.58. The van der Waals surface area contributed by atoms with Crippen LogP contribution in [0.5, 0.6) is 5.75 Å². The zero-order valence-corrected chi connectivity index (χ0v) is 26.2. The third-order valence-electron chi connectivity index (χ3n) is 8.69. The van der Waals surface area contributed by atoms with Gasteiger partial charge in [-0.3, -0.25) is 4.79 Å². The fourth-order valence-corrected chi connectivity index (χ4v) is 7.31. The summed E-state index contributed by atoms with van der Waals surface area (Å²) in [5, 5.41) is 6.54. The maximum Gasteiger partial charge on any atom is 0.246 e. The highest BCUT2D eigenvalue weighted by Gasteiger charge is 2.29. The molecule has 8 nitrogen and oxygen atoms in total. The fraction of sp³-hybridized carbons (Fsp3) is 0.286. The average Bonchev–Trinajstić information content (AvgIpc) is 3.68. The molecule has 0 radical (unpaired) electrons. The number of nitrogens with zero attached hydrogens (tertiary/aromatic N) is 4. The number of rotatable bonds is 8. The van der Waals surface area contributed by atoms with E-state index < -0.39 is 0 Å². The summed E-state index contributed by atoms with van der Waals surface area (Å²) in [5.74, 6) is 0.619. The maximum absolute atomic E-state index is 14.6. The molecule has 230 valence electrons. The number of imidazole rings is 1. The van der Waals surface area contributed by atoms with Crippen molar-refractivity contribution >= 4 is 27.3 Å². The predicted molar refractivity (Wildman–Crippen MR) is 175 cm³/mol. The standard InChI is InChI=1S/C35H34FN5O3S/c1-4-30(42)41-13-10-27-28(20-41)40(2)35(38-27)33-31(25-8-7-24(36)18-29(25)44-15-14-43-3)34-26(11-16-45-34)32(39-33)22-5-6-23-19-37-12-9-21(23)17-22/h4-8,11,16-18,37H,1,9-10,12-15,19-20H2,2-3H3. The number of aromatic nitrogens is 3. The van der Waals surface area contributed by atoms with Crippen LogP contribution in [0.2, 0.25) is 0 Å². The third-order valence-corrected chi connectivity index (χ3v) is 9.62. The first-order valence-corrected chi connectivity index (χ1v) is 16.0. The van der Waals surface area contributed by atoms with Gasteiger partial charge in [0.1, 0.15) is 23.9 Å². The molecular formula is C35H34FN5O3S. The van der Waals surface area contributed by atoms with Gasteiger partial charge in [0.2, 0.25) is 5.91 Å². The number of halogens is 1. The number of ether oxygens (including phenoxy) is 2. The monoisotopic (exact) mass is 623 g/mol. The van der Waals surface area contributed by atoms with Crippen LogP contribution in [-0.2, 0) is 42.5 Å². The van der Waals surface area contributed by atoms with Crippen LogP contribution in [0, 0.1) is 5.82 Å². The van der Waals surface area contributed by atoms with Crippen molar-refractivity contribution in [2.45, 2.75) is 25.9 Å². The lowest BCUT2D eigenvalue weighted by Crippen LogP contribution is -2.35. The molecule has 7 rings (SSSR count). The van der Waals surface area contributed by atoms with E-state index in [2.05, 4.69) is 41.5 Å². The van der Waals surface area contributed by atoms with E-state index in [1.807, 2.05) is 11.6 Å². The molecule has 2 aromatic carbocycles. The summed E-state index contributed by atoms with van der Waals surface area (Å²) in [5.41, 5.74) is 8.71. The molecular weight excluding hydrogens is 589 g/mol. The van der Waals surface area contributed by atoms with E-state index in [1.165, 1.54) is 29.3 Å². The number of thiophene rings is 1. The van der Waals surface area contributed by atoms with Crippen LogP contribution in [0.15, 0.2) is 60.5 Å². The molecule has 0 aliphatic carbocycles. The normalized spacial score (nSPS) is 14.3. The SMILES string of the molecule is C=CC(=O)N1CCc2nc(-c3nc(-c4ccc5c(c4)CCNC5)c4ccsc4c3-c3ccc(F)cc3OCCOC)n(C)c2C1. The number of benzene rings is 2. The Hall–Kier alpha value is -4.38. The summed E-state index contributed by atoms with van der Waals surface area (Å²) in [6.07, 6.45) is 2.95. The number of hydrogen-bond donors (Lipinski definition) is 1. The minimum atomic E-state index is -0.386. The number of carbonyl (C=O) groups is 1. The van der Waals surface area contributed by atoms with Crippen molar-refractivity contribution in [3.05, 3.63) is 88.8 Å². The van der Waals surface area contributed by atoms with E-state index in [-0.39, 0.29) is 18.3 Å². The lowest BCUT2D eigenvalue weighted by Gasteiger charge is -2.26. The van der Waals surface area contributed by atoms with Crippen molar-refractivity contribution < 1.29 is 18.7 Å². The van der Waals surface area contributed by atoms with E-state index >= 15 is 0 Å². The Morgan fingerprint density at radius 2 is 2.00 bits per heavy atom. The van der Waals surface area contributed by atoms with Gasteiger partial charge in [0, 0.05) is 66.5 Å². The molecule has 5 aromatic rings. The lowest BCUT2D eigenvalue weighted by atomic mass is 9.94. The van der Waals surface area contributed by atoms with Gasteiger partial charge in [0.05, 0.1) is 30.2 Å². The molecule has 0 saturated heterocycles. The molecule has 0 unspecified atom stereocenters. The van der Waals surface area contributed by atoms with Gasteiger partial charge >= 0.3 is 0 Å². The molecule has 10 heteroatoms. The number of fused-ring (bicyclic) bond motifs is 3. The van der Waals surface area contributed by atoms with Gasteiger partial charge < -0.3 is 24.3 Å². The Labute approximate surface area is 265 Å². The second-order valence-corrected chi connectivity index (χ2v) is 12.3. The zero-order valence-electron chi connectivity index (χ0n) is 25.4. The van der Waals surface area contributed by atoms with Crippen LogP contribution in [0.4, 0.5) is 4.39 Å². The number of pyridine rings is 1. The quantitative estimate of drug-likeness (QED) is 0.171. The van der Waals surface area contributed by atoms with Crippen LogP contribution in [0.25, 0.3) is 44.0 Å². The van der Waals surface area contributed by atoms with Crippen molar-refractivity contribution in [2.24, 2.45) is 7.05 Å². The van der Waals surface area contributed by atoms with Crippen molar-refractivity contribution in [1.82, 2.24) is 24.8 Å². The summed E-state index contributed by atoms with van der Waals surface area (Å²) < 4.78 is 29.0. The molecule has 45 heavy (non-hydrogen) atoms. The fourth-order valence-electron chi connectivity index (χ4n) is 6.35. The number of amides is 1. The van der Waals surface area contributed by atoms with Crippen molar-refractivity contribution in [3.8, 4) is 39.7 Å². The molecule has 0 atom stereocenters. The van der Waals surface area contributed by atoms with Gasteiger partial charge in [-0.15, -0.1) is 11.3 Å². The van der Waals surface area contributed by atoms with Crippen molar-refractivity contribution in [2.75, 3.05) is 33.4 Å². The smallest absolute Gasteiger partial charge is 0.246 e. The van der Waals surface area contributed by atoms with Crippen LogP contribution in [0.1, 0.15) is 22.5 Å². The molecule has 0 spiro atoms. The van der Waals surface area contributed by atoms with E-state index in [0.717, 1.165) is 63.4 Å². The van der Waals surface area contributed by atoms with E-state index in [1.54, 1.807) is 29.4 Å². The second-order valence-electron chi connectivity index (χ2n) is 11.3. The molecule has 0 bridgehead atoms. The number of hydrogen-bond acceptors (Lipinski definition) is 7. The first-order valence-electron chi connectivity index (χ1n) is 15.1. The Bertz CT molecular complexity index is 1950. The molecule has 1 N–H and O–H groups in total. The first-order chi connectivity index (χ1) is 22.0. The van der Waals surface area contributed by atoms with Gasteiger partial charge in [0.15, 0.2) is 5.82 Å². The van der Waals surface area contributed by atoms with E-state index in [9.17, 15) is 9.18 Å². The van der Waals surface area contributed by atoms with Crippen molar-refractivity contribution in [1.29, 1.82) is 0 Å². The van der Waals surface area contributed by atoms with Gasteiger partial charge in [-0.05, 0) is 59.8 Å². The molecule has 3 aromatic heterocycles. The van der Waals surface area contributed by atoms with Crippen LogP contribution in [0.3, 0.4) is 0 Å². The van der Waals surface area contributed by atoms with E-state index in [4.69, 9.17) is 19.4 Å².